The number of nitrogens with one attached hydrogen (secondary N) is 1. The Morgan fingerprint density at radius 1 is 0.897 bits per heavy atom. The zero-order chi connectivity index (χ0) is 26.9. The molecule has 39 heavy (non-hydrogen) atoms. The van der Waals surface area contributed by atoms with Crippen LogP contribution in [0.3, 0.4) is 0 Å². The van der Waals surface area contributed by atoms with Gasteiger partial charge in [-0.15, -0.1) is 0 Å². The maximum absolute atomic E-state index is 13.9. The number of aromatic amines is 1. The molecule has 0 aliphatic rings. The molecule has 6 rings (SSSR count). The van der Waals surface area contributed by atoms with Crippen molar-refractivity contribution in [2.75, 3.05) is 0 Å². The number of imidazole rings is 1. The van der Waals surface area contributed by atoms with Gasteiger partial charge >= 0.3 is 0 Å². The van der Waals surface area contributed by atoms with Crippen LogP contribution in [0.1, 0.15) is 17.1 Å². The van der Waals surface area contributed by atoms with Gasteiger partial charge in [-0.3, -0.25) is 4.98 Å². The molecule has 0 unspecified atom stereocenters. The SMILES string of the molecule is BN(Cc1nc(-c2cccc(C)n2)c(-c2ccc3ncnn3c2)[nH]1)Cc1ccccc1-c1ccc(F)c(F)c1. The highest BCUT2D eigenvalue weighted by atomic mass is 19.2. The number of rotatable bonds is 7. The predicted octanol–water partition coefficient (Wildman–Crippen LogP) is 4.99. The van der Waals surface area contributed by atoms with Gasteiger partial charge in [0, 0.05) is 30.5 Å². The van der Waals surface area contributed by atoms with E-state index in [0.29, 0.717) is 18.7 Å². The predicted molar refractivity (Wildman–Crippen MR) is 148 cm³/mol. The lowest BCUT2D eigenvalue weighted by Gasteiger charge is -2.18. The number of hydrogen-bond donors (Lipinski definition) is 1. The van der Waals surface area contributed by atoms with Crippen molar-refractivity contribution in [2.24, 2.45) is 0 Å². The molecule has 0 bridgehead atoms. The van der Waals surface area contributed by atoms with Crippen LogP contribution in [-0.2, 0) is 13.1 Å². The first-order chi connectivity index (χ1) is 18.9. The van der Waals surface area contributed by atoms with Crippen LogP contribution in [0, 0.1) is 18.6 Å². The third-order valence-electron chi connectivity index (χ3n) is 6.55. The van der Waals surface area contributed by atoms with Gasteiger partial charge in [0.05, 0.1) is 11.4 Å². The summed E-state index contributed by atoms with van der Waals surface area (Å²) >= 11 is 0. The number of fused-ring (bicyclic) bond motifs is 1. The number of H-pyrrole nitrogens is 1. The van der Waals surface area contributed by atoms with Crippen molar-refractivity contribution < 1.29 is 8.78 Å². The van der Waals surface area contributed by atoms with Crippen LogP contribution < -0.4 is 0 Å². The van der Waals surface area contributed by atoms with Gasteiger partial charge < -0.3 is 9.79 Å². The monoisotopic (exact) mass is 519 g/mol. The highest BCUT2D eigenvalue weighted by molar-refractivity contribution is 6.04. The molecule has 4 heterocycles. The van der Waals surface area contributed by atoms with Gasteiger partial charge in [-0.1, -0.05) is 36.4 Å². The zero-order valence-corrected chi connectivity index (χ0v) is 21.4. The third kappa shape index (κ3) is 5.06. The summed E-state index contributed by atoms with van der Waals surface area (Å²) in [4.78, 5) is 19.5. The molecule has 4 aromatic heterocycles. The second kappa shape index (κ2) is 10.2. The molecule has 0 fully saturated rings. The molecular formula is C29H24BF2N7. The summed E-state index contributed by atoms with van der Waals surface area (Å²) in [6.07, 6.45) is 3.44. The molecule has 0 aliphatic carbocycles. The molecular weight excluding hydrogens is 495 g/mol. The van der Waals surface area contributed by atoms with Gasteiger partial charge in [0.2, 0.25) is 0 Å². The van der Waals surface area contributed by atoms with Crippen LogP contribution in [0.2, 0.25) is 0 Å². The van der Waals surface area contributed by atoms with Crippen LogP contribution >= 0.6 is 0 Å². The van der Waals surface area contributed by atoms with Gasteiger partial charge in [0.25, 0.3) is 0 Å². The summed E-state index contributed by atoms with van der Waals surface area (Å²) in [6.45, 7) is 3.06. The fourth-order valence-electron chi connectivity index (χ4n) is 4.74. The van der Waals surface area contributed by atoms with Gasteiger partial charge in [-0.25, -0.2) is 23.3 Å². The Morgan fingerprint density at radius 3 is 2.59 bits per heavy atom. The van der Waals surface area contributed by atoms with Crippen LogP contribution in [0.4, 0.5) is 8.78 Å². The Labute approximate surface area is 224 Å². The molecule has 1 N–H and O–H groups in total. The summed E-state index contributed by atoms with van der Waals surface area (Å²) in [6, 6.07) is 21.5. The summed E-state index contributed by atoms with van der Waals surface area (Å²) in [5.41, 5.74) is 7.43. The molecule has 192 valence electrons. The van der Waals surface area contributed by atoms with Gasteiger partial charge in [0.1, 0.15) is 17.8 Å². The number of benzene rings is 2. The highest BCUT2D eigenvalue weighted by Crippen LogP contribution is 2.30. The number of aryl methyl sites for hydroxylation is 1. The van der Waals surface area contributed by atoms with Crippen LogP contribution in [0.15, 0.2) is 85.3 Å². The van der Waals surface area contributed by atoms with Crippen molar-refractivity contribution >= 4 is 13.6 Å². The van der Waals surface area contributed by atoms with Crippen molar-refractivity contribution in [2.45, 2.75) is 20.0 Å². The van der Waals surface area contributed by atoms with E-state index in [2.05, 4.69) is 19.9 Å². The Morgan fingerprint density at radius 2 is 1.74 bits per heavy atom. The lowest BCUT2D eigenvalue weighted by Crippen LogP contribution is -2.20. The van der Waals surface area contributed by atoms with E-state index < -0.39 is 11.6 Å². The van der Waals surface area contributed by atoms with Gasteiger partial charge in [-0.2, -0.15) is 5.10 Å². The summed E-state index contributed by atoms with van der Waals surface area (Å²) in [7, 11) is 2.00. The smallest absolute Gasteiger partial charge is 0.186 e. The number of hydrogen-bond acceptors (Lipinski definition) is 5. The van der Waals surface area contributed by atoms with Crippen molar-refractivity contribution in [3.8, 4) is 33.8 Å². The number of aromatic nitrogens is 6. The Kier molecular flexibility index (Phi) is 6.46. The average molecular weight is 519 g/mol. The topological polar surface area (TPSA) is 75.0 Å². The van der Waals surface area contributed by atoms with E-state index in [1.807, 2.05) is 75.7 Å². The first-order valence-electron chi connectivity index (χ1n) is 12.5. The average Bonchev–Trinajstić information content (AvgIpc) is 3.57. The molecule has 0 amide bonds. The fourth-order valence-corrected chi connectivity index (χ4v) is 4.74. The standard InChI is InChI=1S/C29H24BF2N7/c1-18-5-4-8-25(35-18)29-28(21-10-12-27-33-17-34-39(27)15-21)36-26(37-29)16-38(30)14-20-6-2-3-7-22(20)19-9-11-23(31)24(32)13-19/h2-13,15,17H,14,16,30H2,1H3,(H,36,37). The van der Waals surface area contributed by atoms with E-state index in [1.165, 1.54) is 12.4 Å². The normalized spacial score (nSPS) is 11.5. The zero-order valence-electron chi connectivity index (χ0n) is 21.4. The van der Waals surface area contributed by atoms with Crippen molar-refractivity contribution in [3.05, 3.63) is 114 Å². The fraction of sp³-hybridized carbons (Fsp3) is 0.103. The molecule has 2 aromatic carbocycles. The minimum absolute atomic E-state index is 0.524. The number of pyridine rings is 2. The van der Waals surface area contributed by atoms with Gasteiger partial charge in [-0.05, 0) is 60.0 Å². The largest absolute Gasteiger partial charge is 0.340 e. The Hall–Kier alpha value is -4.70. The summed E-state index contributed by atoms with van der Waals surface area (Å²) < 4.78 is 29.2. The van der Waals surface area contributed by atoms with E-state index in [4.69, 9.17) is 9.97 Å². The van der Waals surface area contributed by atoms with Crippen molar-refractivity contribution in [1.82, 2.24) is 34.4 Å². The number of halogens is 2. The van der Waals surface area contributed by atoms with E-state index in [1.54, 1.807) is 10.6 Å². The Balaban J connectivity index is 1.32. The lowest BCUT2D eigenvalue weighted by molar-refractivity contribution is 0.433. The molecule has 0 spiro atoms. The molecule has 0 saturated carbocycles. The molecule has 0 atom stereocenters. The van der Waals surface area contributed by atoms with Crippen LogP contribution in [0.5, 0.6) is 0 Å². The quantitative estimate of drug-likeness (QED) is 0.301. The lowest BCUT2D eigenvalue weighted by atomic mass is 9.98. The maximum atomic E-state index is 13.9. The van der Waals surface area contributed by atoms with Crippen molar-refractivity contribution in [1.29, 1.82) is 0 Å². The maximum Gasteiger partial charge on any atom is 0.186 e. The van der Waals surface area contributed by atoms with Crippen LogP contribution in [-0.4, -0.2) is 42.3 Å². The second-order valence-electron chi connectivity index (χ2n) is 9.51. The summed E-state index contributed by atoms with van der Waals surface area (Å²) in [5, 5.41) is 4.27. The van der Waals surface area contributed by atoms with Crippen molar-refractivity contribution in [3.63, 3.8) is 0 Å². The first kappa shape index (κ1) is 24.6. The molecule has 10 heteroatoms. The van der Waals surface area contributed by atoms with E-state index in [-0.39, 0.29) is 0 Å². The highest BCUT2D eigenvalue weighted by Gasteiger charge is 2.18. The number of nitrogens with zero attached hydrogens (tertiary/aromatic N) is 6. The van der Waals surface area contributed by atoms with E-state index in [0.717, 1.165) is 57.0 Å². The second-order valence-corrected chi connectivity index (χ2v) is 9.51. The molecule has 6 aromatic rings. The Bertz CT molecular complexity index is 1800. The minimum atomic E-state index is -0.861. The summed E-state index contributed by atoms with van der Waals surface area (Å²) in [5.74, 6) is -0.946. The molecule has 0 radical (unpaired) electrons. The van der Waals surface area contributed by atoms with Gasteiger partial charge in [0.15, 0.2) is 25.3 Å². The molecule has 7 nitrogen and oxygen atoms in total. The van der Waals surface area contributed by atoms with Crippen LogP contribution in [0.25, 0.3) is 39.4 Å². The molecule has 0 saturated heterocycles. The van der Waals surface area contributed by atoms with E-state index in [9.17, 15) is 8.78 Å². The minimum Gasteiger partial charge on any atom is -0.340 e. The van der Waals surface area contributed by atoms with E-state index >= 15 is 0 Å². The first-order valence-corrected chi connectivity index (χ1v) is 12.5. The molecule has 0 aliphatic heterocycles. The third-order valence-corrected chi connectivity index (χ3v) is 6.55.